The Bertz CT molecular complexity index is 1050. The zero-order valence-electron chi connectivity index (χ0n) is 15.1. The van der Waals surface area contributed by atoms with Gasteiger partial charge in [0.2, 0.25) is 0 Å². The van der Waals surface area contributed by atoms with E-state index in [1.54, 1.807) is 6.20 Å². The summed E-state index contributed by atoms with van der Waals surface area (Å²) in [5, 5.41) is 22.8. The molecule has 138 valence electrons. The number of pyridine rings is 1. The predicted molar refractivity (Wildman–Crippen MR) is 102 cm³/mol. The van der Waals surface area contributed by atoms with Gasteiger partial charge in [0, 0.05) is 22.7 Å². The van der Waals surface area contributed by atoms with Crippen LogP contribution in [0.25, 0.3) is 22.2 Å². The van der Waals surface area contributed by atoms with Crippen LogP contribution >= 0.6 is 0 Å². The molecule has 1 fully saturated rings. The molecule has 5 rings (SSSR count). The molecule has 0 saturated carbocycles. The van der Waals surface area contributed by atoms with Crippen LogP contribution < -0.4 is 10.6 Å². The average Bonchev–Trinajstić information content (AvgIpc) is 3.18. The van der Waals surface area contributed by atoms with E-state index < -0.39 is 11.5 Å². The molecule has 2 aliphatic rings. The van der Waals surface area contributed by atoms with Gasteiger partial charge < -0.3 is 15.7 Å². The predicted octanol–water partition coefficient (Wildman–Crippen LogP) is 2.18. The van der Waals surface area contributed by atoms with Crippen molar-refractivity contribution >= 4 is 22.6 Å². The Labute approximate surface area is 156 Å². The maximum atomic E-state index is 12.2. The van der Waals surface area contributed by atoms with E-state index in [-0.39, 0.29) is 0 Å². The number of carbonyl (C=O) groups excluding carboxylic acids is 1. The van der Waals surface area contributed by atoms with E-state index in [0.717, 1.165) is 48.1 Å². The minimum atomic E-state index is -1.63. The van der Waals surface area contributed by atoms with Crippen molar-refractivity contribution in [2.45, 2.75) is 31.4 Å². The lowest BCUT2D eigenvalue weighted by molar-refractivity contribution is -0.131. The molecule has 1 saturated heterocycles. The second-order valence-corrected chi connectivity index (χ2v) is 7.40. The molecule has 0 bridgehead atoms. The van der Waals surface area contributed by atoms with Crippen molar-refractivity contribution < 1.29 is 9.90 Å². The van der Waals surface area contributed by atoms with E-state index in [2.05, 4.69) is 26.4 Å². The topological polar surface area (TPSA) is 92.1 Å². The molecular formula is C20H21N5O2. The van der Waals surface area contributed by atoms with E-state index in [0.29, 0.717) is 17.4 Å². The number of carbonyl (C=O) groups is 1. The molecule has 2 aromatic heterocycles. The van der Waals surface area contributed by atoms with Crippen LogP contribution in [0.2, 0.25) is 0 Å². The third-order valence-electron chi connectivity index (χ3n) is 5.64. The second-order valence-electron chi connectivity index (χ2n) is 7.40. The Morgan fingerprint density at radius 1 is 1.22 bits per heavy atom. The number of hydrogen-bond donors (Lipinski definition) is 3. The van der Waals surface area contributed by atoms with E-state index in [4.69, 9.17) is 5.10 Å². The molecule has 27 heavy (non-hydrogen) atoms. The number of rotatable bonds is 2. The summed E-state index contributed by atoms with van der Waals surface area (Å²) in [6.45, 7) is 3.46. The number of fused-ring (bicyclic) bond motifs is 2. The first kappa shape index (κ1) is 16.4. The smallest absolute Gasteiger partial charge is 0.262 e. The van der Waals surface area contributed by atoms with Gasteiger partial charge in [-0.2, -0.15) is 5.10 Å². The standard InChI is InChI=1S/C20H21N5O2/c1-20(27)16-14(8-11-22-18(16)23-19(20)26)17-13-4-2-3-5-15(13)25(24-17)12-6-9-21-10-7-12/h2-5,8,11-12,21,27H,6-7,9-10H2,1H3,(H,22,23,26). The molecule has 1 amide bonds. The van der Waals surface area contributed by atoms with Gasteiger partial charge in [0.15, 0.2) is 5.60 Å². The maximum absolute atomic E-state index is 12.2. The number of para-hydroxylation sites is 1. The summed E-state index contributed by atoms with van der Waals surface area (Å²) in [6.07, 6.45) is 3.70. The molecule has 3 N–H and O–H groups in total. The lowest BCUT2D eigenvalue weighted by Gasteiger charge is -2.23. The first-order chi connectivity index (χ1) is 13.1. The fraction of sp³-hybridized carbons (Fsp3) is 0.350. The quantitative estimate of drug-likeness (QED) is 0.649. The van der Waals surface area contributed by atoms with Crippen molar-refractivity contribution in [2.75, 3.05) is 18.4 Å². The van der Waals surface area contributed by atoms with E-state index in [1.165, 1.54) is 6.92 Å². The van der Waals surface area contributed by atoms with Crippen molar-refractivity contribution in [3.8, 4) is 11.3 Å². The molecule has 1 aromatic carbocycles. The van der Waals surface area contributed by atoms with Gasteiger partial charge in [0.25, 0.3) is 5.91 Å². The first-order valence-corrected chi connectivity index (χ1v) is 9.29. The highest BCUT2D eigenvalue weighted by Gasteiger charge is 2.44. The molecule has 1 unspecified atom stereocenters. The maximum Gasteiger partial charge on any atom is 0.262 e. The minimum Gasteiger partial charge on any atom is -0.375 e. The number of benzene rings is 1. The molecule has 0 spiro atoms. The number of piperidine rings is 1. The molecule has 7 nitrogen and oxygen atoms in total. The van der Waals surface area contributed by atoms with Gasteiger partial charge in [-0.3, -0.25) is 9.48 Å². The molecule has 7 heteroatoms. The summed E-state index contributed by atoms with van der Waals surface area (Å²) in [7, 11) is 0. The Morgan fingerprint density at radius 2 is 2.00 bits per heavy atom. The first-order valence-electron chi connectivity index (χ1n) is 9.29. The van der Waals surface area contributed by atoms with Crippen LogP contribution in [0.1, 0.15) is 31.4 Å². The summed E-state index contributed by atoms with van der Waals surface area (Å²) in [4.78, 5) is 16.5. The van der Waals surface area contributed by atoms with Gasteiger partial charge in [-0.15, -0.1) is 0 Å². The number of anilines is 1. The van der Waals surface area contributed by atoms with E-state index in [1.807, 2.05) is 24.3 Å². The lowest BCUT2D eigenvalue weighted by Crippen LogP contribution is -2.30. The highest BCUT2D eigenvalue weighted by atomic mass is 16.3. The van der Waals surface area contributed by atoms with Crippen LogP contribution in [-0.4, -0.2) is 38.9 Å². The van der Waals surface area contributed by atoms with Gasteiger partial charge in [0.1, 0.15) is 11.5 Å². The van der Waals surface area contributed by atoms with Gasteiger partial charge >= 0.3 is 0 Å². The summed E-state index contributed by atoms with van der Waals surface area (Å²) in [5.74, 6) is -0.0532. The van der Waals surface area contributed by atoms with Crippen LogP contribution in [0, 0.1) is 0 Å². The van der Waals surface area contributed by atoms with Gasteiger partial charge in [-0.05, 0) is 45.0 Å². The highest BCUT2D eigenvalue weighted by molar-refractivity contribution is 6.07. The van der Waals surface area contributed by atoms with Gasteiger partial charge in [-0.1, -0.05) is 18.2 Å². The summed E-state index contributed by atoms with van der Waals surface area (Å²) < 4.78 is 2.11. The molecule has 2 aliphatic heterocycles. The SMILES string of the molecule is CC1(O)C(=O)Nc2nccc(-c3nn(C4CCNCC4)c4ccccc34)c21. The zero-order chi connectivity index (χ0) is 18.6. The number of aliphatic hydroxyl groups is 1. The minimum absolute atomic E-state index is 0.333. The van der Waals surface area contributed by atoms with Crippen LogP contribution in [0.4, 0.5) is 5.82 Å². The highest BCUT2D eigenvalue weighted by Crippen LogP contribution is 2.42. The Kier molecular flexibility index (Phi) is 3.57. The lowest BCUT2D eigenvalue weighted by atomic mass is 9.92. The van der Waals surface area contributed by atoms with Gasteiger partial charge in [-0.25, -0.2) is 4.98 Å². The van der Waals surface area contributed by atoms with E-state index >= 15 is 0 Å². The number of nitrogens with zero attached hydrogens (tertiary/aromatic N) is 3. The number of aromatic nitrogens is 3. The van der Waals surface area contributed by atoms with Gasteiger partial charge in [0.05, 0.1) is 11.6 Å². The average molecular weight is 363 g/mol. The number of nitrogens with one attached hydrogen (secondary N) is 2. The Hall–Kier alpha value is -2.77. The number of hydrogen-bond acceptors (Lipinski definition) is 5. The van der Waals surface area contributed by atoms with Crippen molar-refractivity contribution in [1.82, 2.24) is 20.1 Å². The zero-order valence-corrected chi connectivity index (χ0v) is 15.1. The van der Waals surface area contributed by atoms with Crippen LogP contribution in [0.5, 0.6) is 0 Å². The molecular weight excluding hydrogens is 342 g/mol. The second kappa shape index (κ2) is 5.87. The van der Waals surface area contributed by atoms with Crippen LogP contribution in [-0.2, 0) is 10.4 Å². The number of amides is 1. The molecule has 0 radical (unpaired) electrons. The largest absolute Gasteiger partial charge is 0.375 e. The monoisotopic (exact) mass is 363 g/mol. The third kappa shape index (κ3) is 2.39. The third-order valence-corrected chi connectivity index (χ3v) is 5.64. The fourth-order valence-electron chi connectivity index (χ4n) is 4.21. The fourth-order valence-corrected chi connectivity index (χ4v) is 4.21. The molecule has 1 atom stereocenters. The normalized spacial score (nSPS) is 22.8. The Morgan fingerprint density at radius 3 is 2.81 bits per heavy atom. The molecule has 4 heterocycles. The molecule has 0 aliphatic carbocycles. The summed E-state index contributed by atoms with van der Waals surface area (Å²) in [5.41, 5.74) is 1.46. The summed E-state index contributed by atoms with van der Waals surface area (Å²) >= 11 is 0. The molecule has 3 aromatic rings. The Balaban J connectivity index is 1.74. The van der Waals surface area contributed by atoms with Crippen molar-refractivity contribution in [2.24, 2.45) is 0 Å². The van der Waals surface area contributed by atoms with Crippen molar-refractivity contribution in [1.29, 1.82) is 0 Å². The van der Waals surface area contributed by atoms with Crippen LogP contribution in [0.15, 0.2) is 36.5 Å². The van der Waals surface area contributed by atoms with Crippen molar-refractivity contribution in [3.63, 3.8) is 0 Å². The van der Waals surface area contributed by atoms with E-state index in [9.17, 15) is 9.90 Å². The summed E-state index contributed by atoms with van der Waals surface area (Å²) in [6, 6.07) is 10.3. The van der Waals surface area contributed by atoms with Crippen LogP contribution in [0.3, 0.4) is 0 Å². The van der Waals surface area contributed by atoms with Crippen molar-refractivity contribution in [3.05, 3.63) is 42.1 Å².